The van der Waals surface area contributed by atoms with Gasteiger partial charge in [0.25, 0.3) is 0 Å². The van der Waals surface area contributed by atoms with E-state index in [1.807, 2.05) is 11.0 Å². The predicted octanol–water partition coefficient (Wildman–Crippen LogP) is 2.30. The first-order chi connectivity index (χ1) is 9.59. The Morgan fingerprint density at radius 3 is 2.25 bits per heavy atom. The number of carboxylic acid groups (broad SMARTS) is 1. The largest absolute Gasteiger partial charge is 0.481 e. The highest BCUT2D eigenvalue weighted by Crippen LogP contribution is 2.46. The number of likely N-dealkylation sites (tertiary alicyclic amines) is 1. The van der Waals surface area contributed by atoms with Gasteiger partial charge in [-0.15, -0.1) is 0 Å². The summed E-state index contributed by atoms with van der Waals surface area (Å²) < 4.78 is 0. The van der Waals surface area contributed by atoms with E-state index in [0.717, 1.165) is 32.2 Å². The molecular formula is C16H23NO3. The van der Waals surface area contributed by atoms with Crippen molar-refractivity contribution >= 4 is 11.9 Å². The van der Waals surface area contributed by atoms with E-state index in [2.05, 4.69) is 13.0 Å². The van der Waals surface area contributed by atoms with Crippen LogP contribution in [0.2, 0.25) is 0 Å². The lowest BCUT2D eigenvalue weighted by atomic mass is 9.61. The highest BCUT2D eigenvalue weighted by molar-refractivity contribution is 5.86. The molecule has 5 atom stereocenters. The van der Waals surface area contributed by atoms with E-state index in [4.69, 9.17) is 0 Å². The molecule has 2 bridgehead atoms. The molecule has 0 aromatic heterocycles. The minimum atomic E-state index is -0.799. The molecule has 1 saturated heterocycles. The lowest BCUT2D eigenvalue weighted by Crippen LogP contribution is -2.53. The van der Waals surface area contributed by atoms with Gasteiger partial charge in [0.1, 0.15) is 0 Å². The number of allylic oxidation sites excluding steroid dienone is 2. The molecule has 4 heteroatoms. The molecular weight excluding hydrogens is 254 g/mol. The van der Waals surface area contributed by atoms with Crippen LogP contribution < -0.4 is 0 Å². The van der Waals surface area contributed by atoms with Gasteiger partial charge >= 0.3 is 5.97 Å². The minimum Gasteiger partial charge on any atom is -0.481 e. The normalized spacial score (nSPS) is 39.9. The number of fused-ring (bicyclic) bond motifs is 2. The van der Waals surface area contributed by atoms with Gasteiger partial charge < -0.3 is 10.0 Å². The Bertz CT molecular complexity index is 445. The quantitative estimate of drug-likeness (QED) is 0.788. The summed E-state index contributed by atoms with van der Waals surface area (Å²) in [5.41, 5.74) is 0. The average molecular weight is 277 g/mol. The van der Waals surface area contributed by atoms with Gasteiger partial charge in [-0.05, 0) is 50.9 Å². The van der Waals surface area contributed by atoms with E-state index in [0.29, 0.717) is 0 Å². The highest BCUT2D eigenvalue weighted by atomic mass is 16.4. The predicted molar refractivity (Wildman–Crippen MR) is 75.0 cm³/mol. The number of carbonyl (C=O) groups excluding carboxylic acids is 1. The van der Waals surface area contributed by atoms with Gasteiger partial charge in [-0.2, -0.15) is 0 Å². The fourth-order valence-corrected chi connectivity index (χ4v) is 4.28. The first-order valence-electron chi connectivity index (χ1n) is 7.81. The maximum atomic E-state index is 12.9. The second kappa shape index (κ2) is 5.23. The number of nitrogens with zero attached hydrogens (tertiary/aromatic N) is 1. The molecule has 1 aliphatic heterocycles. The number of aliphatic carboxylic acids is 1. The van der Waals surface area contributed by atoms with E-state index in [-0.39, 0.29) is 29.7 Å². The maximum Gasteiger partial charge on any atom is 0.307 e. The van der Waals surface area contributed by atoms with Gasteiger partial charge in [-0.25, -0.2) is 0 Å². The van der Waals surface area contributed by atoms with Gasteiger partial charge in [0, 0.05) is 12.6 Å². The number of hydrogen-bond donors (Lipinski definition) is 1. The smallest absolute Gasteiger partial charge is 0.307 e. The molecule has 0 radical (unpaired) electrons. The summed E-state index contributed by atoms with van der Waals surface area (Å²) in [5, 5.41) is 9.54. The van der Waals surface area contributed by atoms with E-state index < -0.39 is 11.9 Å². The van der Waals surface area contributed by atoms with Crippen molar-refractivity contribution < 1.29 is 14.7 Å². The maximum absolute atomic E-state index is 12.9. The van der Waals surface area contributed by atoms with Crippen LogP contribution in [0.25, 0.3) is 0 Å². The lowest BCUT2D eigenvalue weighted by Gasteiger charge is -2.45. The van der Waals surface area contributed by atoms with Crippen molar-refractivity contribution in [3.8, 4) is 0 Å². The first-order valence-corrected chi connectivity index (χ1v) is 7.81. The minimum absolute atomic E-state index is 0.0477. The van der Waals surface area contributed by atoms with Crippen LogP contribution in [-0.2, 0) is 9.59 Å². The van der Waals surface area contributed by atoms with Crippen LogP contribution in [0, 0.1) is 23.7 Å². The van der Waals surface area contributed by atoms with Crippen LogP contribution in [0.5, 0.6) is 0 Å². The molecule has 0 unspecified atom stereocenters. The number of piperidine rings is 1. The highest BCUT2D eigenvalue weighted by Gasteiger charge is 2.49. The molecule has 1 saturated carbocycles. The van der Waals surface area contributed by atoms with Crippen LogP contribution in [0.3, 0.4) is 0 Å². The Morgan fingerprint density at radius 2 is 1.70 bits per heavy atom. The van der Waals surface area contributed by atoms with Crippen molar-refractivity contribution in [3.63, 3.8) is 0 Å². The van der Waals surface area contributed by atoms with Crippen LogP contribution in [0.15, 0.2) is 12.2 Å². The molecule has 3 aliphatic carbocycles. The Kier molecular flexibility index (Phi) is 3.57. The Labute approximate surface area is 119 Å². The van der Waals surface area contributed by atoms with Crippen molar-refractivity contribution in [2.75, 3.05) is 6.54 Å². The third-order valence-electron chi connectivity index (χ3n) is 5.40. The van der Waals surface area contributed by atoms with E-state index >= 15 is 0 Å². The van der Waals surface area contributed by atoms with Crippen LogP contribution in [-0.4, -0.2) is 34.5 Å². The van der Waals surface area contributed by atoms with E-state index in [1.54, 1.807) is 0 Å². The topological polar surface area (TPSA) is 57.6 Å². The second-order valence-corrected chi connectivity index (χ2v) is 6.56. The molecule has 1 N–H and O–H groups in total. The van der Waals surface area contributed by atoms with Crippen molar-refractivity contribution in [2.45, 2.75) is 45.1 Å². The summed E-state index contributed by atoms with van der Waals surface area (Å²) in [5.74, 6) is -1.39. The molecule has 0 aromatic carbocycles. The number of carbonyl (C=O) groups is 2. The fourth-order valence-electron chi connectivity index (χ4n) is 4.28. The van der Waals surface area contributed by atoms with Crippen LogP contribution in [0.4, 0.5) is 0 Å². The van der Waals surface area contributed by atoms with Gasteiger partial charge in [0.2, 0.25) is 5.91 Å². The second-order valence-electron chi connectivity index (χ2n) is 6.56. The van der Waals surface area contributed by atoms with Crippen molar-refractivity contribution in [2.24, 2.45) is 23.7 Å². The van der Waals surface area contributed by atoms with Gasteiger partial charge in [0.05, 0.1) is 11.8 Å². The fraction of sp³-hybridized carbons (Fsp3) is 0.750. The zero-order chi connectivity index (χ0) is 14.3. The summed E-state index contributed by atoms with van der Waals surface area (Å²) in [6.07, 6.45) is 9.25. The molecule has 110 valence electrons. The summed E-state index contributed by atoms with van der Waals surface area (Å²) in [6, 6.07) is 0.259. The van der Waals surface area contributed by atoms with Crippen molar-refractivity contribution in [1.82, 2.24) is 4.90 Å². The third kappa shape index (κ3) is 2.15. The molecule has 4 aliphatic rings. The number of rotatable bonds is 2. The Hall–Kier alpha value is -1.32. The number of hydrogen-bond acceptors (Lipinski definition) is 2. The van der Waals surface area contributed by atoms with Crippen LogP contribution >= 0.6 is 0 Å². The molecule has 1 heterocycles. The monoisotopic (exact) mass is 277 g/mol. The molecule has 4 rings (SSSR count). The number of amides is 1. The van der Waals surface area contributed by atoms with Gasteiger partial charge in [0.15, 0.2) is 0 Å². The van der Waals surface area contributed by atoms with E-state index in [9.17, 15) is 14.7 Å². The molecule has 20 heavy (non-hydrogen) atoms. The third-order valence-corrected chi connectivity index (χ3v) is 5.40. The van der Waals surface area contributed by atoms with Crippen LogP contribution in [0.1, 0.15) is 39.0 Å². The van der Waals surface area contributed by atoms with Gasteiger partial charge in [-0.1, -0.05) is 12.2 Å². The number of carboxylic acids is 1. The summed E-state index contributed by atoms with van der Waals surface area (Å²) >= 11 is 0. The zero-order valence-electron chi connectivity index (χ0n) is 12.0. The van der Waals surface area contributed by atoms with E-state index in [1.165, 1.54) is 6.42 Å². The molecule has 0 aromatic rings. The Morgan fingerprint density at radius 1 is 1.05 bits per heavy atom. The molecule has 4 nitrogen and oxygen atoms in total. The Balaban J connectivity index is 1.85. The average Bonchev–Trinajstić information content (AvgIpc) is 2.47. The van der Waals surface area contributed by atoms with Gasteiger partial charge in [-0.3, -0.25) is 9.59 Å². The summed E-state index contributed by atoms with van der Waals surface area (Å²) in [6.45, 7) is 2.88. The SMILES string of the molecule is C[C@H]1CCCCN1C(=O)[C@@H]1[C@@H](C(=O)O)[C@H]2C=C[C@H]1CC2. The lowest BCUT2D eigenvalue weighted by molar-refractivity contribution is -0.158. The van der Waals surface area contributed by atoms with Crippen molar-refractivity contribution in [3.05, 3.63) is 12.2 Å². The summed E-state index contributed by atoms with van der Waals surface area (Å²) in [7, 11) is 0. The summed E-state index contributed by atoms with van der Waals surface area (Å²) in [4.78, 5) is 26.5. The molecule has 1 amide bonds. The van der Waals surface area contributed by atoms with Crippen molar-refractivity contribution in [1.29, 1.82) is 0 Å². The first kappa shape index (κ1) is 13.7. The molecule has 2 fully saturated rings. The standard InChI is InChI=1S/C16H23NO3/c1-10-4-2-3-9-17(10)15(18)13-11-5-7-12(8-6-11)14(13)16(19)20/h5,7,10-14H,2-4,6,8-9H2,1H3,(H,19,20)/t10-,11-,12-,13-,14-/m0/s1. The zero-order valence-corrected chi connectivity index (χ0v) is 12.0. The molecule has 0 spiro atoms.